The predicted octanol–water partition coefficient (Wildman–Crippen LogP) is 4.18. The van der Waals surface area contributed by atoms with Crippen LogP contribution < -0.4 is 20.4 Å². The first-order valence-corrected chi connectivity index (χ1v) is 14.1. The molecule has 11 heteroatoms. The first-order chi connectivity index (χ1) is 19.5. The van der Waals surface area contributed by atoms with Crippen molar-refractivity contribution in [1.29, 1.82) is 0 Å². The Kier molecular flexibility index (Phi) is 7.35. The van der Waals surface area contributed by atoms with E-state index in [1.54, 1.807) is 0 Å². The van der Waals surface area contributed by atoms with Crippen molar-refractivity contribution >= 4 is 40.3 Å². The molecule has 2 N–H and O–H groups in total. The van der Waals surface area contributed by atoms with Crippen LogP contribution in [0, 0.1) is 0 Å². The van der Waals surface area contributed by atoms with Crippen LogP contribution in [0.5, 0.6) is 0 Å². The third-order valence-electron chi connectivity index (χ3n) is 7.52. The molecule has 2 fully saturated rings. The number of rotatable bonds is 7. The van der Waals surface area contributed by atoms with Crippen LogP contribution >= 0.6 is 0 Å². The third kappa shape index (κ3) is 5.63. The lowest BCUT2D eigenvalue weighted by molar-refractivity contribution is 0.194. The normalized spacial score (nSPS) is 15.7. The van der Waals surface area contributed by atoms with Crippen LogP contribution in [0.15, 0.2) is 54.9 Å². The van der Waals surface area contributed by atoms with Crippen molar-refractivity contribution in [3.8, 4) is 0 Å². The molecule has 0 saturated carbocycles. The number of carbonyl (C=O) groups is 1. The molecule has 2 amide bonds. The molecule has 0 unspecified atom stereocenters. The Bertz CT molecular complexity index is 1460. The van der Waals surface area contributed by atoms with Crippen molar-refractivity contribution in [2.75, 3.05) is 54.4 Å². The summed E-state index contributed by atoms with van der Waals surface area (Å²) in [7, 11) is 0. The molecule has 4 aromatic rings. The molecule has 11 nitrogen and oxygen atoms in total. The SMILES string of the molecule is CC(C)n1ncc2cnc(Nc3nc(N4CCCC4)cc(N4CCN(C(=O)NCc5ccccc5)CC4)n3)cc21. The summed E-state index contributed by atoms with van der Waals surface area (Å²) in [5.41, 5.74) is 2.11. The number of nitrogens with one attached hydrogen (secondary N) is 2. The topological polar surface area (TPSA) is 107 Å². The van der Waals surface area contributed by atoms with E-state index in [1.165, 1.54) is 0 Å². The first kappa shape index (κ1) is 25.8. The van der Waals surface area contributed by atoms with E-state index in [1.807, 2.05) is 58.4 Å². The maximum Gasteiger partial charge on any atom is 0.317 e. The minimum atomic E-state index is -0.0339. The molecular weight excluding hydrogens is 504 g/mol. The summed E-state index contributed by atoms with van der Waals surface area (Å²) in [5, 5.41) is 11.9. The van der Waals surface area contributed by atoms with E-state index in [-0.39, 0.29) is 12.1 Å². The van der Waals surface area contributed by atoms with Gasteiger partial charge in [-0.3, -0.25) is 4.68 Å². The number of carbonyl (C=O) groups excluding carboxylic acids is 1. The van der Waals surface area contributed by atoms with E-state index in [0.29, 0.717) is 44.5 Å². The van der Waals surface area contributed by atoms with Gasteiger partial charge in [-0.2, -0.15) is 15.1 Å². The van der Waals surface area contributed by atoms with Gasteiger partial charge < -0.3 is 25.3 Å². The Balaban J connectivity index is 1.17. The second kappa shape index (κ2) is 11.4. The fraction of sp³-hybridized carbons (Fsp3) is 0.414. The maximum absolute atomic E-state index is 12.8. The highest BCUT2D eigenvalue weighted by molar-refractivity contribution is 5.81. The Morgan fingerprint density at radius 3 is 2.30 bits per heavy atom. The molecule has 0 aliphatic carbocycles. The Labute approximate surface area is 234 Å². The van der Waals surface area contributed by atoms with Gasteiger partial charge in [0, 0.05) is 75.6 Å². The van der Waals surface area contributed by atoms with Crippen molar-refractivity contribution in [2.24, 2.45) is 0 Å². The summed E-state index contributed by atoms with van der Waals surface area (Å²) < 4.78 is 1.99. The second-order valence-corrected chi connectivity index (χ2v) is 10.7. The number of hydrogen-bond acceptors (Lipinski definition) is 8. The minimum absolute atomic E-state index is 0.0339. The fourth-order valence-corrected chi connectivity index (χ4v) is 5.31. The largest absolute Gasteiger partial charge is 0.356 e. The van der Waals surface area contributed by atoms with Crippen LogP contribution in [0.3, 0.4) is 0 Å². The van der Waals surface area contributed by atoms with Gasteiger partial charge in [-0.05, 0) is 32.3 Å². The van der Waals surface area contributed by atoms with Crippen molar-refractivity contribution in [3.63, 3.8) is 0 Å². The summed E-state index contributed by atoms with van der Waals surface area (Å²) in [6.45, 7) is 9.39. The summed E-state index contributed by atoms with van der Waals surface area (Å²) in [4.78, 5) is 33.5. The van der Waals surface area contributed by atoms with Crippen LogP contribution in [-0.2, 0) is 6.54 Å². The van der Waals surface area contributed by atoms with Gasteiger partial charge in [-0.25, -0.2) is 9.78 Å². The molecule has 3 aromatic heterocycles. The van der Waals surface area contributed by atoms with Gasteiger partial charge in [0.1, 0.15) is 17.5 Å². The molecule has 208 valence electrons. The van der Waals surface area contributed by atoms with E-state index < -0.39 is 0 Å². The number of fused-ring (bicyclic) bond motifs is 1. The van der Waals surface area contributed by atoms with E-state index in [2.05, 4.69) is 50.4 Å². The maximum atomic E-state index is 12.8. The summed E-state index contributed by atoms with van der Waals surface area (Å²) in [5.74, 6) is 2.97. The van der Waals surface area contributed by atoms with E-state index in [4.69, 9.17) is 9.97 Å². The third-order valence-corrected chi connectivity index (χ3v) is 7.52. The molecule has 2 aliphatic rings. The average molecular weight is 541 g/mol. The number of pyridine rings is 1. The molecule has 2 aliphatic heterocycles. The summed E-state index contributed by atoms with van der Waals surface area (Å²) in [6, 6.07) is 14.3. The van der Waals surface area contributed by atoms with Crippen molar-refractivity contribution in [1.82, 2.24) is 34.9 Å². The molecule has 6 rings (SSSR count). The molecule has 40 heavy (non-hydrogen) atoms. The Morgan fingerprint density at radius 1 is 0.900 bits per heavy atom. The second-order valence-electron chi connectivity index (χ2n) is 10.7. The van der Waals surface area contributed by atoms with Crippen LogP contribution in [-0.4, -0.2) is 74.9 Å². The highest BCUT2D eigenvalue weighted by Crippen LogP contribution is 2.27. The van der Waals surface area contributed by atoms with Gasteiger partial charge in [0.15, 0.2) is 0 Å². The fourth-order valence-electron chi connectivity index (χ4n) is 5.31. The number of piperazine rings is 1. The zero-order chi connectivity index (χ0) is 27.5. The van der Waals surface area contributed by atoms with Crippen LogP contribution in [0.2, 0.25) is 0 Å². The lowest BCUT2D eigenvalue weighted by Crippen LogP contribution is -2.52. The van der Waals surface area contributed by atoms with Gasteiger partial charge in [0.05, 0.1) is 11.7 Å². The van der Waals surface area contributed by atoms with E-state index in [9.17, 15) is 4.79 Å². The number of anilines is 4. The number of hydrogen-bond donors (Lipinski definition) is 2. The summed E-state index contributed by atoms with van der Waals surface area (Å²) >= 11 is 0. The zero-order valence-corrected chi connectivity index (χ0v) is 23.1. The lowest BCUT2D eigenvalue weighted by Gasteiger charge is -2.35. The highest BCUT2D eigenvalue weighted by Gasteiger charge is 2.24. The van der Waals surface area contributed by atoms with Crippen LogP contribution in [0.4, 0.5) is 28.2 Å². The molecule has 2 saturated heterocycles. The van der Waals surface area contributed by atoms with Crippen molar-refractivity contribution in [2.45, 2.75) is 39.3 Å². The number of aromatic nitrogens is 5. The zero-order valence-electron chi connectivity index (χ0n) is 23.1. The summed E-state index contributed by atoms with van der Waals surface area (Å²) in [6.07, 6.45) is 6.00. The molecule has 0 bridgehead atoms. The van der Waals surface area contributed by atoms with Crippen LogP contribution in [0.25, 0.3) is 10.9 Å². The van der Waals surface area contributed by atoms with E-state index in [0.717, 1.165) is 54.0 Å². The Hall–Kier alpha value is -4.41. The van der Waals surface area contributed by atoms with Gasteiger partial charge >= 0.3 is 6.03 Å². The number of nitrogens with zero attached hydrogens (tertiary/aromatic N) is 8. The predicted molar refractivity (Wildman–Crippen MR) is 157 cm³/mol. The highest BCUT2D eigenvalue weighted by atomic mass is 16.2. The first-order valence-electron chi connectivity index (χ1n) is 14.1. The minimum Gasteiger partial charge on any atom is -0.356 e. The monoisotopic (exact) mass is 540 g/mol. The average Bonchev–Trinajstić information content (AvgIpc) is 3.67. The van der Waals surface area contributed by atoms with Crippen molar-refractivity contribution in [3.05, 3.63) is 60.4 Å². The molecule has 0 radical (unpaired) electrons. The van der Waals surface area contributed by atoms with E-state index >= 15 is 0 Å². The van der Waals surface area contributed by atoms with Gasteiger partial charge in [-0.15, -0.1) is 0 Å². The molecular formula is C29H36N10O. The lowest BCUT2D eigenvalue weighted by atomic mass is 10.2. The standard InChI is InChI=1S/C29H36N10O/c1-21(2)39-24-16-25(30-19-23(24)20-32-39)33-28-34-26(36-10-6-7-11-36)17-27(35-28)37-12-14-38(15-13-37)29(40)31-18-22-8-4-3-5-9-22/h3-5,8-9,16-17,19-21H,6-7,10-15,18H2,1-2H3,(H,31,40)(H,30,33,34,35). The Morgan fingerprint density at radius 2 is 1.60 bits per heavy atom. The quantitative estimate of drug-likeness (QED) is 0.360. The molecule has 1 aromatic carbocycles. The smallest absolute Gasteiger partial charge is 0.317 e. The van der Waals surface area contributed by atoms with Crippen LogP contribution in [0.1, 0.15) is 38.3 Å². The molecule has 5 heterocycles. The van der Waals surface area contributed by atoms with Gasteiger partial charge in [0.25, 0.3) is 0 Å². The molecule has 0 atom stereocenters. The van der Waals surface area contributed by atoms with Gasteiger partial charge in [0.2, 0.25) is 5.95 Å². The number of amides is 2. The van der Waals surface area contributed by atoms with Gasteiger partial charge in [-0.1, -0.05) is 30.3 Å². The van der Waals surface area contributed by atoms with Crippen molar-refractivity contribution < 1.29 is 4.79 Å². The number of urea groups is 1. The molecule has 0 spiro atoms. The number of benzene rings is 1.